The van der Waals surface area contributed by atoms with Crippen molar-refractivity contribution in [3.05, 3.63) is 0 Å². The molecule has 0 radical (unpaired) electrons. The van der Waals surface area contributed by atoms with Crippen LogP contribution in [0.15, 0.2) is 0 Å². The van der Waals surface area contributed by atoms with Gasteiger partial charge in [0.15, 0.2) is 6.10 Å². The van der Waals surface area contributed by atoms with Gasteiger partial charge in [-0.25, -0.2) is 4.79 Å². The van der Waals surface area contributed by atoms with Gasteiger partial charge in [-0.15, -0.1) is 0 Å². The summed E-state index contributed by atoms with van der Waals surface area (Å²) in [7, 11) is 0. The van der Waals surface area contributed by atoms with Gasteiger partial charge in [-0.1, -0.05) is 6.92 Å². The smallest absolute Gasteiger partial charge is 0.332 e. The molecule has 0 aromatic heterocycles. The highest BCUT2D eigenvalue weighted by Crippen LogP contribution is 2.48. The van der Waals surface area contributed by atoms with Crippen molar-refractivity contribution >= 4 is 5.97 Å². The van der Waals surface area contributed by atoms with Crippen molar-refractivity contribution < 1.29 is 15.0 Å². The molecule has 0 amide bonds. The van der Waals surface area contributed by atoms with Crippen molar-refractivity contribution in [2.75, 3.05) is 0 Å². The molecule has 14 heavy (non-hydrogen) atoms. The molecule has 0 aromatic rings. The number of hydrogen-bond donors (Lipinski definition) is 3. The monoisotopic (exact) mass is 201 g/mol. The molecular weight excluding hydrogens is 182 g/mol. The molecule has 4 nitrogen and oxygen atoms in total. The van der Waals surface area contributed by atoms with Crippen molar-refractivity contribution in [2.24, 2.45) is 17.6 Å². The van der Waals surface area contributed by atoms with Crippen LogP contribution in [-0.4, -0.2) is 28.3 Å². The minimum atomic E-state index is -1.18. The number of carbonyl (C=O) groups is 1. The maximum atomic E-state index is 9.68. The van der Waals surface area contributed by atoms with Gasteiger partial charge in [0.25, 0.3) is 0 Å². The number of rotatable bonds is 2. The van der Waals surface area contributed by atoms with Crippen LogP contribution in [0.1, 0.15) is 32.6 Å². The normalized spacial score (nSPS) is 35.2. The van der Waals surface area contributed by atoms with Crippen molar-refractivity contribution in [2.45, 2.75) is 44.8 Å². The number of carboxylic acids is 1. The number of aliphatic carboxylic acids is 1. The van der Waals surface area contributed by atoms with E-state index in [-0.39, 0.29) is 6.42 Å². The zero-order valence-electron chi connectivity index (χ0n) is 8.52. The maximum Gasteiger partial charge on any atom is 0.332 e. The summed E-state index contributed by atoms with van der Waals surface area (Å²) in [5.74, 6) is 0.873. The molecule has 4 unspecified atom stereocenters. The van der Waals surface area contributed by atoms with Gasteiger partial charge in [-0.05, 0) is 37.5 Å². The highest BCUT2D eigenvalue weighted by atomic mass is 16.4. The van der Waals surface area contributed by atoms with Crippen molar-refractivity contribution in [3.63, 3.8) is 0 Å². The molecule has 2 rings (SSSR count). The quantitative estimate of drug-likeness (QED) is 0.610. The summed E-state index contributed by atoms with van der Waals surface area (Å²) in [5, 5.41) is 16.3. The number of fused-ring (bicyclic) bond motifs is 1. The van der Waals surface area contributed by atoms with Gasteiger partial charge in [-0.3, -0.25) is 0 Å². The Morgan fingerprint density at radius 2 is 2.21 bits per heavy atom. The topological polar surface area (TPSA) is 83.5 Å². The first-order valence-electron chi connectivity index (χ1n) is 5.22. The Labute approximate surface area is 84.1 Å². The fraction of sp³-hybridized carbons (Fsp3) is 0.900. The summed E-state index contributed by atoms with van der Waals surface area (Å²) in [6, 6.07) is 0.596. The summed E-state index contributed by atoms with van der Waals surface area (Å²) in [4.78, 5) is 9.68. The lowest BCUT2D eigenvalue weighted by Gasteiger charge is -2.51. The Balaban J connectivity index is 0.000000140. The second kappa shape index (κ2) is 4.75. The largest absolute Gasteiger partial charge is 0.479 e. The van der Waals surface area contributed by atoms with Crippen LogP contribution in [0.2, 0.25) is 0 Å². The molecule has 0 aromatic carbocycles. The molecule has 2 aliphatic rings. The molecule has 0 bridgehead atoms. The second-order valence-electron chi connectivity index (χ2n) is 4.16. The standard InChI is InChI=1S/C6H11N.C4H8O3/c7-6-3-4-1-2-5(4)6;1-2-3(5)4(6)7/h4-6H,1-3,7H2;3,5H,2H2,1H3,(H,6,7). The van der Waals surface area contributed by atoms with Crippen LogP contribution < -0.4 is 5.73 Å². The van der Waals surface area contributed by atoms with Crippen LogP contribution in [0.3, 0.4) is 0 Å². The molecule has 4 N–H and O–H groups in total. The molecule has 4 atom stereocenters. The third-order valence-electron chi connectivity index (χ3n) is 3.27. The van der Waals surface area contributed by atoms with E-state index in [2.05, 4.69) is 0 Å². The summed E-state index contributed by atoms with van der Waals surface area (Å²) < 4.78 is 0. The van der Waals surface area contributed by atoms with Crippen molar-refractivity contribution in [1.29, 1.82) is 0 Å². The molecule has 0 spiro atoms. The Bertz CT molecular complexity index is 204. The maximum absolute atomic E-state index is 9.68. The van der Waals surface area contributed by atoms with Crippen molar-refractivity contribution in [3.8, 4) is 0 Å². The van der Waals surface area contributed by atoms with E-state index in [0.717, 1.165) is 11.8 Å². The second-order valence-corrected chi connectivity index (χ2v) is 4.16. The molecule has 2 aliphatic carbocycles. The van der Waals surface area contributed by atoms with Crippen LogP contribution in [0.25, 0.3) is 0 Å². The minimum Gasteiger partial charge on any atom is -0.479 e. The van der Waals surface area contributed by atoms with E-state index in [1.54, 1.807) is 6.92 Å². The molecule has 4 heteroatoms. The number of carboxylic acid groups (broad SMARTS) is 1. The van der Waals surface area contributed by atoms with E-state index in [1.807, 2.05) is 0 Å². The molecular formula is C10H19NO3. The SMILES string of the molecule is CCC(O)C(=O)O.NC1CC2CCC12. The predicted octanol–water partition coefficient (Wildman–Crippen LogP) is 0.585. The fourth-order valence-corrected chi connectivity index (χ4v) is 1.95. The van der Waals surface area contributed by atoms with E-state index >= 15 is 0 Å². The highest BCUT2D eigenvalue weighted by Gasteiger charge is 2.44. The Hall–Kier alpha value is -0.610. The summed E-state index contributed by atoms with van der Waals surface area (Å²) in [6.07, 6.45) is 3.31. The first-order chi connectivity index (χ1) is 6.56. The molecule has 2 saturated carbocycles. The van der Waals surface area contributed by atoms with Gasteiger partial charge >= 0.3 is 5.97 Å². The zero-order valence-corrected chi connectivity index (χ0v) is 8.52. The fourth-order valence-electron chi connectivity index (χ4n) is 1.95. The van der Waals surface area contributed by atoms with Crippen LogP contribution in [0, 0.1) is 11.8 Å². The molecule has 2 fully saturated rings. The predicted molar refractivity (Wildman–Crippen MR) is 52.7 cm³/mol. The van der Waals surface area contributed by atoms with E-state index in [0.29, 0.717) is 6.04 Å². The lowest BCUT2D eigenvalue weighted by Crippen LogP contribution is -2.53. The van der Waals surface area contributed by atoms with E-state index < -0.39 is 12.1 Å². The van der Waals surface area contributed by atoms with Crippen LogP contribution >= 0.6 is 0 Å². The first kappa shape index (κ1) is 11.5. The van der Waals surface area contributed by atoms with Crippen LogP contribution in [-0.2, 0) is 4.79 Å². The number of nitrogens with two attached hydrogens (primary N) is 1. The summed E-state index contributed by atoms with van der Waals surface area (Å²) in [5.41, 5.74) is 5.66. The molecule has 0 aliphatic heterocycles. The Morgan fingerprint density at radius 1 is 1.57 bits per heavy atom. The number of hydrogen-bond acceptors (Lipinski definition) is 3. The lowest BCUT2D eigenvalue weighted by atomic mass is 9.57. The van der Waals surface area contributed by atoms with Gasteiger partial charge in [0, 0.05) is 6.04 Å². The van der Waals surface area contributed by atoms with Gasteiger partial charge in [0.1, 0.15) is 0 Å². The number of aliphatic hydroxyl groups is 1. The lowest BCUT2D eigenvalue weighted by molar-refractivity contribution is -0.146. The third-order valence-corrected chi connectivity index (χ3v) is 3.27. The van der Waals surface area contributed by atoms with Crippen molar-refractivity contribution in [1.82, 2.24) is 0 Å². The van der Waals surface area contributed by atoms with E-state index in [1.165, 1.54) is 19.3 Å². The number of aliphatic hydroxyl groups excluding tert-OH is 1. The van der Waals surface area contributed by atoms with Crippen LogP contribution in [0.4, 0.5) is 0 Å². The Kier molecular flexibility index (Phi) is 3.89. The summed E-state index contributed by atoms with van der Waals surface area (Å²) in [6.45, 7) is 1.61. The third kappa shape index (κ3) is 2.45. The van der Waals surface area contributed by atoms with E-state index in [4.69, 9.17) is 15.9 Å². The molecule has 0 heterocycles. The molecule has 82 valence electrons. The molecule has 0 saturated heterocycles. The minimum absolute atomic E-state index is 0.273. The average Bonchev–Trinajstić information content (AvgIpc) is 2.13. The highest BCUT2D eigenvalue weighted by molar-refractivity contribution is 5.71. The van der Waals surface area contributed by atoms with Gasteiger partial charge in [0.2, 0.25) is 0 Å². The average molecular weight is 201 g/mol. The zero-order chi connectivity index (χ0) is 10.7. The van der Waals surface area contributed by atoms with Gasteiger partial charge in [-0.2, -0.15) is 0 Å². The van der Waals surface area contributed by atoms with Crippen LogP contribution in [0.5, 0.6) is 0 Å². The summed E-state index contributed by atoms with van der Waals surface area (Å²) >= 11 is 0. The van der Waals surface area contributed by atoms with Gasteiger partial charge in [0.05, 0.1) is 0 Å². The van der Waals surface area contributed by atoms with Gasteiger partial charge < -0.3 is 15.9 Å². The first-order valence-corrected chi connectivity index (χ1v) is 5.22. The van der Waals surface area contributed by atoms with E-state index in [9.17, 15) is 4.79 Å². The Morgan fingerprint density at radius 3 is 2.21 bits per heavy atom.